The first-order valence-electron chi connectivity index (χ1n) is 8.99. The zero-order valence-electron chi connectivity index (χ0n) is 15.7. The van der Waals surface area contributed by atoms with Crippen LogP contribution >= 0.6 is 11.3 Å². The molecule has 0 radical (unpaired) electrons. The minimum Gasteiger partial charge on any atom is -0.331 e. The second-order valence-corrected chi connectivity index (χ2v) is 8.52. The lowest BCUT2D eigenvalue weighted by atomic mass is 9.95. The molecule has 136 valence electrons. The minimum atomic E-state index is 0.117. The number of nitrogens with zero attached hydrogens (tertiary/aromatic N) is 4. The van der Waals surface area contributed by atoms with Gasteiger partial charge in [-0.05, 0) is 58.8 Å². The van der Waals surface area contributed by atoms with Gasteiger partial charge in [0.1, 0.15) is 5.69 Å². The zero-order valence-corrected chi connectivity index (χ0v) is 16.5. The number of aryl methyl sites for hydroxylation is 3. The van der Waals surface area contributed by atoms with Crippen molar-refractivity contribution in [3.05, 3.63) is 38.8 Å². The summed E-state index contributed by atoms with van der Waals surface area (Å²) in [7, 11) is 6.00. The Morgan fingerprint density at radius 1 is 1.24 bits per heavy atom. The number of aromatic nitrogens is 2. The van der Waals surface area contributed by atoms with Crippen molar-refractivity contribution < 1.29 is 4.79 Å². The molecule has 0 saturated carbocycles. The number of likely N-dealkylation sites (N-methyl/N-ethyl adjacent to an activating group) is 1. The number of rotatable bonds is 6. The molecule has 0 aliphatic heterocycles. The van der Waals surface area contributed by atoms with E-state index in [2.05, 4.69) is 29.1 Å². The SMILES string of the molecule is Cc1ccc(CN(CCN(C)C)C(=O)c2c3c(nn2C)CCCC3)s1. The third-order valence-electron chi connectivity index (χ3n) is 4.77. The second-order valence-electron chi connectivity index (χ2n) is 7.15. The summed E-state index contributed by atoms with van der Waals surface area (Å²) < 4.78 is 1.81. The number of hydrogen-bond acceptors (Lipinski definition) is 4. The molecular weight excluding hydrogens is 332 g/mol. The molecule has 3 rings (SSSR count). The summed E-state index contributed by atoms with van der Waals surface area (Å²) in [5.74, 6) is 0.117. The van der Waals surface area contributed by atoms with Crippen LogP contribution < -0.4 is 0 Å². The standard InChI is InChI=1S/C19H28N4OS/c1-14-9-10-15(25-14)13-23(12-11-21(2)3)19(24)18-16-7-5-6-8-17(16)20-22(18)4/h9-10H,5-8,11-13H2,1-4H3. The molecule has 0 fully saturated rings. The van der Waals surface area contributed by atoms with E-state index in [0.717, 1.165) is 43.7 Å². The van der Waals surface area contributed by atoms with E-state index in [1.54, 1.807) is 16.0 Å². The number of amides is 1. The van der Waals surface area contributed by atoms with E-state index in [-0.39, 0.29) is 5.91 Å². The highest BCUT2D eigenvalue weighted by atomic mass is 32.1. The van der Waals surface area contributed by atoms with Crippen LogP contribution in [0.1, 0.15) is 44.3 Å². The maximum absolute atomic E-state index is 13.4. The topological polar surface area (TPSA) is 41.4 Å². The fourth-order valence-electron chi connectivity index (χ4n) is 3.43. The monoisotopic (exact) mass is 360 g/mol. The van der Waals surface area contributed by atoms with E-state index in [9.17, 15) is 4.79 Å². The van der Waals surface area contributed by atoms with E-state index >= 15 is 0 Å². The van der Waals surface area contributed by atoms with Crippen molar-refractivity contribution >= 4 is 17.2 Å². The van der Waals surface area contributed by atoms with Crippen molar-refractivity contribution in [2.75, 3.05) is 27.2 Å². The molecular formula is C19H28N4OS. The Morgan fingerprint density at radius 2 is 2.00 bits per heavy atom. The van der Waals surface area contributed by atoms with Gasteiger partial charge in [-0.25, -0.2) is 0 Å². The summed E-state index contributed by atoms with van der Waals surface area (Å²) in [6, 6.07) is 4.26. The highest BCUT2D eigenvalue weighted by molar-refractivity contribution is 7.11. The molecule has 2 heterocycles. The molecule has 1 aliphatic carbocycles. The molecule has 2 aromatic heterocycles. The average molecular weight is 361 g/mol. The van der Waals surface area contributed by atoms with Crippen molar-refractivity contribution in [3.63, 3.8) is 0 Å². The van der Waals surface area contributed by atoms with Crippen molar-refractivity contribution in [2.24, 2.45) is 7.05 Å². The van der Waals surface area contributed by atoms with Crippen molar-refractivity contribution in [1.29, 1.82) is 0 Å². The van der Waals surface area contributed by atoms with Gasteiger partial charge >= 0.3 is 0 Å². The predicted molar refractivity (Wildman–Crippen MR) is 102 cm³/mol. The summed E-state index contributed by atoms with van der Waals surface area (Å²) in [6.07, 6.45) is 4.30. The fraction of sp³-hybridized carbons (Fsp3) is 0.579. The van der Waals surface area contributed by atoms with Crippen molar-refractivity contribution in [1.82, 2.24) is 19.6 Å². The smallest absolute Gasteiger partial charge is 0.272 e. The molecule has 6 heteroatoms. The maximum Gasteiger partial charge on any atom is 0.272 e. The number of hydrogen-bond donors (Lipinski definition) is 0. The van der Waals surface area contributed by atoms with Gasteiger partial charge in [0.25, 0.3) is 5.91 Å². The van der Waals surface area contributed by atoms with Crippen LogP contribution in [0.15, 0.2) is 12.1 Å². The summed E-state index contributed by atoms with van der Waals surface area (Å²) in [4.78, 5) is 20.0. The molecule has 0 bridgehead atoms. The van der Waals surface area contributed by atoms with Crippen LogP contribution in [0, 0.1) is 6.92 Å². The number of carbonyl (C=O) groups is 1. The van der Waals surface area contributed by atoms with Gasteiger partial charge < -0.3 is 9.80 Å². The van der Waals surface area contributed by atoms with E-state index in [0.29, 0.717) is 6.54 Å². The summed E-state index contributed by atoms with van der Waals surface area (Å²) in [6.45, 7) is 4.36. The molecule has 1 aliphatic rings. The number of fused-ring (bicyclic) bond motifs is 1. The Morgan fingerprint density at radius 3 is 2.68 bits per heavy atom. The summed E-state index contributed by atoms with van der Waals surface area (Å²) in [5, 5.41) is 4.62. The van der Waals surface area contributed by atoms with Crippen LogP contribution in [0.4, 0.5) is 0 Å². The quantitative estimate of drug-likeness (QED) is 0.795. The normalized spacial score (nSPS) is 14.0. The maximum atomic E-state index is 13.4. The lowest BCUT2D eigenvalue weighted by Crippen LogP contribution is -2.37. The van der Waals surface area contributed by atoms with Crippen LogP contribution in [0.25, 0.3) is 0 Å². The molecule has 5 nitrogen and oxygen atoms in total. The third kappa shape index (κ3) is 4.12. The van der Waals surface area contributed by atoms with Gasteiger partial charge in [0, 0.05) is 35.5 Å². The van der Waals surface area contributed by atoms with Gasteiger partial charge in [0.15, 0.2) is 0 Å². The Kier molecular flexibility index (Phi) is 5.59. The third-order valence-corrected chi connectivity index (χ3v) is 5.75. The minimum absolute atomic E-state index is 0.117. The highest BCUT2D eigenvalue weighted by Crippen LogP contribution is 2.26. The van der Waals surface area contributed by atoms with Gasteiger partial charge in [-0.2, -0.15) is 5.10 Å². The molecule has 0 saturated heterocycles. The average Bonchev–Trinajstić information content (AvgIpc) is 3.12. The van der Waals surface area contributed by atoms with E-state index in [4.69, 9.17) is 0 Å². The molecule has 25 heavy (non-hydrogen) atoms. The van der Waals surface area contributed by atoms with Gasteiger partial charge in [-0.3, -0.25) is 9.48 Å². The van der Waals surface area contributed by atoms with Crippen LogP contribution in [0.2, 0.25) is 0 Å². The first-order valence-corrected chi connectivity index (χ1v) is 9.81. The van der Waals surface area contributed by atoms with Crippen molar-refractivity contribution in [2.45, 2.75) is 39.2 Å². The molecule has 2 aromatic rings. The highest BCUT2D eigenvalue weighted by Gasteiger charge is 2.27. The first kappa shape index (κ1) is 18.1. The Labute approximate surface area is 154 Å². The fourth-order valence-corrected chi connectivity index (χ4v) is 4.34. The second kappa shape index (κ2) is 7.70. The van der Waals surface area contributed by atoms with Crippen molar-refractivity contribution in [3.8, 4) is 0 Å². The number of carbonyl (C=O) groups excluding carboxylic acids is 1. The van der Waals surface area contributed by atoms with Crippen LogP contribution in [0.3, 0.4) is 0 Å². The molecule has 0 atom stereocenters. The Balaban J connectivity index is 1.86. The molecule has 0 N–H and O–H groups in total. The first-order chi connectivity index (χ1) is 12.0. The van der Waals surface area contributed by atoms with E-state index in [1.807, 2.05) is 26.0 Å². The lowest BCUT2D eigenvalue weighted by Gasteiger charge is -2.25. The molecule has 0 unspecified atom stereocenters. The van der Waals surface area contributed by atoms with Crippen LogP contribution in [-0.4, -0.2) is 52.7 Å². The van der Waals surface area contributed by atoms with Gasteiger partial charge in [0.05, 0.1) is 12.2 Å². The van der Waals surface area contributed by atoms with Gasteiger partial charge in [-0.15, -0.1) is 11.3 Å². The van der Waals surface area contributed by atoms with E-state index in [1.165, 1.54) is 21.7 Å². The Bertz CT molecular complexity index is 747. The summed E-state index contributed by atoms with van der Waals surface area (Å²) >= 11 is 1.77. The van der Waals surface area contributed by atoms with Crippen LogP contribution in [-0.2, 0) is 26.4 Å². The van der Waals surface area contributed by atoms with E-state index < -0.39 is 0 Å². The van der Waals surface area contributed by atoms with Gasteiger partial charge in [0.2, 0.25) is 0 Å². The molecule has 0 aromatic carbocycles. The van der Waals surface area contributed by atoms with Gasteiger partial charge in [-0.1, -0.05) is 0 Å². The van der Waals surface area contributed by atoms with Crippen LogP contribution in [0.5, 0.6) is 0 Å². The molecule has 0 spiro atoms. The largest absolute Gasteiger partial charge is 0.331 e. The predicted octanol–water partition coefficient (Wildman–Crippen LogP) is 2.87. The summed E-state index contributed by atoms with van der Waals surface area (Å²) in [5.41, 5.74) is 3.09. The zero-order chi connectivity index (χ0) is 18.0. The lowest BCUT2D eigenvalue weighted by molar-refractivity contribution is 0.0721. The number of thiophene rings is 1. The molecule has 1 amide bonds. The Hall–Kier alpha value is -1.66.